The lowest BCUT2D eigenvalue weighted by molar-refractivity contribution is -0.123. The Morgan fingerprint density at radius 3 is 2.63 bits per heavy atom. The van der Waals surface area contributed by atoms with Gasteiger partial charge in [0, 0.05) is 23.5 Å². The molecule has 3 aromatic heterocycles. The summed E-state index contributed by atoms with van der Waals surface area (Å²) in [7, 11) is 0. The Hall–Kier alpha value is -3.85. The number of carbonyl (C=O) groups excluding carboxylic acids is 3. The molecule has 0 saturated heterocycles. The van der Waals surface area contributed by atoms with Crippen LogP contribution in [0, 0.1) is 0 Å². The molecule has 4 rings (SSSR count). The van der Waals surface area contributed by atoms with Gasteiger partial charge in [-0.1, -0.05) is 24.3 Å². The number of aromatic amines is 1. The first-order valence-corrected chi connectivity index (χ1v) is 10.0. The van der Waals surface area contributed by atoms with Crippen molar-refractivity contribution in [3.05, 3.63) is 82.6 Å². The first-order valence-electron chi connectivity index (χ1n) is 9.15. The van der Waals surface area contributed by atoms with Gasteiger partial charge in [0.1, 0.15) is 6.04 Å². The van der Waals surface area contributed by atoms with Gasteiger partial charge in [-0.25, -0.2) is 0 Å². The maximum atomic E-state index is 12.8. The van der Waals surface area contributed by atoms with Gasteiger partial charge < -0.3 is 14.7 Å². The number of aromatic nitrogens is 1. The van der Waals surface area contributed by atoms with Gasteiger partial charge in [0.15, 0.2) is 5.76 Å². The molecule has 1 atom stereocenters. The highest BCUT2D eigenvalue weighted by atomic mass is 32.1. The lowest BCUT2D eigenvalue weighted by Gasteiger charge is -2.18. The first kappa shape index (κ1) is 19.5. The molecule has 152 valence electrons. The van der Waals surface area contributed by atoms with E-state index >= 15 is 0 Å². The van der Waals surface area contributed by atoms with Crippen LogP contribution in [0.5, 0.6) is 0 Å². The van der Waals surface area contributed by atoms with E-state index in [-0.39, 0.29) is 18.1 Å². The monoisotopic (exact) mass is 422 g/mol. The maximum absolute atomic E-state index is 12.8. The van der Waals surface area contributed by atoms with Gasteiger partial charge in [-0.05, 0) is 35.2 Å². The van der Waals surface area contributed by atoms with Crippen LogP contribution in [0.25, 0.3) is 10.9 Å². The summed E-state index contributed by atoms with van der Waals surface area (Å²) in [5, 5.41) is 5.50. The van der Waals surface area contributed by atoms with Crippen LogP contribution in [0.15, 0.2) is 70.8 Å². The van der Waals surface area contributed by atoms with Crippen molar-refractivity contribution < 1.29 is 18.8 Å². The average molecular weight is 422 g/mol. The number of carbonyl (C=O) groups is 3. The fourth-order valence-electron chi connectivity index (χ4n) is 3.04. The Morgan fingerprint density at radius 2 is 1.87 bits per heavy atom. The molecule has 30 heavy (non-hydrogen) atoms. The smallest absolute Gasteiger partial charge is 0.305 e. The van der Waals surface area contributed by atoms with Crippen molar-refractivity contribution in [2.45, 2.75) is 12.5 Å². The summed E-state index contributed by atoms with van der Waals surface area (Å²) >= 11 is 1.28. The van der Waals surface area contributed by atoms with Gasteiger partial charge in [-0.15, -0.1) is 11.3 Å². The summed E-state index contributed by atoms with van der Waals surface area (Å²) in [6, 6.07) is 13.3. The van der Waals surface area contributed by atoms with E-state index in [1.54, 1.807) is 23.6 Å². The zero-order valence-corrected chi connectivity index (χ0v) is 16.5. The number of para-hydroxylation sites is 1. The highest BCUT2D eigenvalue weighted by Gasteiger charge is 2.24. The van der Waals surface area contributed by atoms with Crippen LogP contribution < -0.4 is 16.2 Å². The molecule has 4 aromatic rings. The topological polar surface area (TPSA) is 116 Å². The van der Waals surface area contributed by atoms with E-state index in [2.05, 4.69) is 21.2 Å². The van der Waals surface area contributed by atoms with Crippen molar-refractivity contribution in [3.8, 4) is 0 Å². The summed E-state index contributed by atoms with van der Waals surface area (Å²) in [5.41, 5.74) is 6.47. The molecule has 3 heterocycles. The van der Waals surface area contributed by atoms with Crippen LogP contribution in [0.4, 0.5) is 0 Å². The van der Waals surface area contributed by atoms with Crippen molar-refractivity contribution in [3.63, 3.8) is 0 Å². The molecule has 1 unspecified atom stereocenters. The number of hydrogen-bond acceptors (Lipinski definition) is 5. The summed E-state index contributed by atoms with van der Waals surface area (Å²) in [4.78, 5) is 41.0. The molecular weight excluding hydrogens is 404 g/mol. The number of fused-ring (bicyclic) bond motifs is 1. The Kier molecular flexibility index (Phi) is 5.62. The van der Waals surface area contributed by atoms with E-state index in [9.17, 15) is 14.4 Å². The van der Waals surface area contributed by atoms with E-state index in [0.29, 0.717) is 4.88 Å². The van der Waals surface area contributed by atoms with Gasteiger partial charge in [0.25, 0.3) is 11.8 Å². The molecule has 0 bridgehead atoms. The summed E-state index contributed by atoms with van der Waals surface area (Å²) in [5.74, 6) is -1.44. The predicted molar refractivity (Wildman–Crippen MR) is 112 cm³/mol. The molecule has 0 aliphatic rings. The van der Waals surface area contributed by atoms with Gasteiger partial charge in [-0.3, -0.25) is 25.2 Å². The fourth-order valence-corrected chi connectivity index (χ4v) is 3.67. The zero-order chi connectivity index (χ0) is 20.9. The van der Waals surface area contributed by atoms with Crippen molar-refractivity contribution in [1.82, 2.24) is 21.2 Å². The zero-order valence-electron chi connectivity index (χ0n) is 15.7. The minimum Gasteiger partial charge on any atom is -0.459 e. The number of H-pyrrole nitrogens is 1. The normalized spacial score (nSPS) is 11.7. The van der Waals surface area contributed by atoms with E-state index in [1.165, 1.54) is 23.7 Å². The number of amides is 3. The number of benzene rings is 1. The van der Waals surface area contributed by atoms with Crippen LogP contribution in [0.1, 0.15) is 25.8 Å². The van der Waals surface area contributed by atoms with Crippen LogP contribution in [0.2, 0.25) is 0 Å². The molecule has 4 N–H and O–H groups in total. The molecular formula is C21H18N4O4S. The standard InChI is InChI=1S/C21H18N4O4S/c26-19(24-25-20(27)17-7-3-9-29-17)16(23-21(28)18-8-4-10-30-18)11-13-12-22-15-6-2-1-5-14(13)15/h1-10,12,16,22H,11H2,(H,23,28)(H,24,26)(H,25,27). The first-order chi connectivity index (χ1) is 14.6. The third kappa shape index (κ3) is 4.26. The van der Waals surface area contributed by atoms with E-state index in [0.717, 1.165) is 16.5 Å². The van der Waals surface area contributed by atoms with E-state index in [1.807, 2.05) is 30.5 Å². The quantitative estimate of drug-likeness (QED) is 0.358. The number of nitrogens with one attached hydrogen (secondary N) is 4. The molecule has 3 amide bonds. The number of thiophene rings is 1. The third-order valence-corrected chi connectivity index (χ3v) is 5.38. The highest BCUT2D eigenvalue weighted by molar-refractivity contribution is 7.12. The molecule has 0 fully saturated rings. The Bertz CT molecular complexity index is 1170. The summed E-state index contributed by atoms with van der Waals surface area (Å²) in [6.45, 7) is 0. The van der Waals surface area contributed by atoms with Crippen LogP contribution >= 0.6 is 11.3 Å². The van der Waals surface area contributed by atoms with Crippen LogP contribution in [-0.2, 0) is 11.2 Å². The van der Waals surface area contributed by atoms with E-state index < -0.39 is 17.9 Å². The van der Waals surface area contributed by atoms with Gasteiger partial charge in [0.2, 0.25) is 0 Å². The van der Waals surface area contributed by atoms with Crippen molar-refractivity contribution >= 4 is 40.0 Å². The van der Waals surface area contributed by atoms with Crippen molar-refractivity contribution in [1.29, 1.82) is 0 Å². The van der Waals surface area contributed by atoms with Gasteiger partial charge >= 0.3 is 5.91 Å². The second kappa shape index (κ2) is 8.66. The SMILES string of the molecule is O=C(NNC(=O)C(Cc1c[nH]c2ccccc12)NC(=O)c1cccs1)c1ccco1. The van der Waals surface area contributed by atoms with Gasteiger partial charge in [-0.2, -0.15) is 0 Å². The fraction of sp³-hybridized carbons (Fsp3) is 0.0952. The molecule has 0 saturated carbocycles. The summed E-state index contributed by atoms with van der Waals surface area (Å²) < 4.78 is 5.00. The minimum absolute atomic E-state index is 0.0612. The third-order valence-electron chi connectivity index (χ3n) is 4.51. The highest BCUT2D eigenvalue weighted by Crippen LogP contribution is 2.19. The Labute approximate surface area is 175 Å². The van der Waals surface area contributed by atoms with E-state index in [4.69, 9.17) is 4.42 Å². The van der Waals surface area contributed by atoms with Gasteiger partial charge in [0.05, 0.1) is 11.1 Å². The summed E-state index contributed by atoms with van der Waals surface area (Å²) in [6.07, 6.45) is 3.41. The Morgan fingerprint density at radius 1 is 1.00 bits per heavy atom. The second-order valence-electron chi connectivity index (χ2n) is 6.49. The molecule has 0 radical (unpaired) electrons. The van der Waals surface area contributed by atoms with Crippen molar-refractivity contribution in [2.24, 2.45) is 0 Å². The molecule has 0 spiro atoms. The minimum atomic E-state index is -0.907. The molecule has 0 aliphatic heterocycles. The molecule has 1 aromatic carbocycles. The maximum Gasteiger partial charge on any atom is 0.305 e. The lowest BCUT2D eigenvalue weighted by atomic mass is 10.0. The molecule has 9 heteroatoms. The largest absolute Gasteiger partial charge is 0.459 e. The Balaban J connectivity index is 1.50. The number of hydrogen-bond donors (Lipinski definition) is 4. The number of rotatable bonds is 6. The predicted octanol–water partition coefficient (Wildman–Crippen LogP) is 2.62. The van der Waals surface area contributed by atoms with Crippen LogP contribution in [-0.4, -0.2) is 28.7 Å². The van der Waals surface area contributed by atoms with Crippen molar-refractivity contribution in [2.75, 3.05) is 0 Å². The average Bonchev–Trinajstić information content (AvgIpc) is 3.53. The second-order valence-corrected chi connectivity index (χ2v) is 7.44. The molecule has 0 aliphatic carbocycles. The number of hydrazine groups is 1. The van der Waals surface area contributed by atoms with Crippen LogP contribution in [0.3, 0.4) is 0 Å². The lowest BCUT2D eigenvalue weighted by Crippen LogP contribution is -2.53. The number of furan rings is 1. The molecule has 8 nitrogen and oxygen atoms in total.